The monoisotopic (exact) mass is 424 g/mol. The number of halogens is 1. The van der Waals surface area contributed by atoms with E-state index in [0.29, 0.717) is 30.3 Å². The normalized spacial score (nSPS) is 27.6. The Kier molecular flexibility index (Phi) is 8.42. The summed E-state index contributed by atoms with van der Waals surface area (Å²) in [6.07, 6.45) is 4.40. The number of aliphatic imine (C=N–C) groups is 1. The molecule has 3 atom stereocenters. The summed E-state index contributed by atoms with van der Waals surface area (Å²) in [5.74, 6) is 0.906. The number of rotatable bonds is 6. The molecule has 2 aliphatic rings. The largest absolute Gasteiger partial charge is 0.373 e. The van der Waals surface area contributed by atoms with Crippen LogP contribution in [-0.2, 0) is 4.74 Å². The lowest BCUT2D eigenvalue weighted by molar-refractivity contribution is 0.0992. The van der Waals surface area contributed by atoms with Gasteiger partial charge in [-0.2, -0.15) is 0 Å². The summed E-state index contributed by atoms with van der Waals surface area (Å²) < 4.78 is 5.88. The molecule has 2 heterocycles. The van der Waals surface area contributed by atoms with Crippen LogP contribution in [0.25, 0.3) is 0 Å². The molecule has 2 fully saturated rings. The molecule has 0 aliphatic carbocycles. The van der Waals surface area contributed by atoms with Gasteiger partial charge in [0.05, 0.1) is 18.2 Å². The maximum Gasteiger partial charge on any atom is 0.191 e. The third-order valence-electron chi connectivity index (χ3n) is 4.64. The highest BCUT2D eigenvalue weighted by molar-refractivity contribution is 14.0. The summed E-state index contributed by atoms with van der Waals surface area (Å²) in [5, 5.41) is 6.96. The number of fused-ring (bicyclic) bond motifs is 2. The fourth-order valence-corrected chi connectivity index (χ4v) is 3.58. The smallest absolute Gasteiger partial charge is 0.191 e. The highest BCUT2D eigenvalue weighted by Crippen LogP contribution is 2.34. The predicted molar refractivity (Wildman–Crippen MR) is 103 cm³/mol. The summed E-state index contributed by atoms with van der Waals surface area (Å²) in [4.78, 5) is 6.83. The summed E-state index contributed by atoms with van der Waals surface area (Å²) >= 11 is 0. The average Bonchev–Trinajstić information content (AvgIpc) is 3.03. The second kappa shape index (κ2) is 9.27. The van der Waals surface area contributed by atoms with Crippen molar-refractivity contribution >= 4 is 29.9 Å². The zero-order chi connectivity index (χ0) is 15.4. The zero-order valence-electron chi connectivity index (χ0n) is 14.6. The number of ether oxygens (including phenoxy) is 1. The van der Waals surface area contributed by atoms with Gasteiger partial charge in [-0.3, -0.25) is 9.89 Å². The van der Waals surface area contributed by atoms with Crippen LogP contribution in [0.5, 0.6) is 0 Å². The summed E-state index contributed by atoms with van der Waals surface area (Å²) in [6.45, 7) is 10.9. The minimum Gasteiger partial charge on any atom is -0.373 e. The van der Waals surface area contributed by atoms with Gasteiger partial charge in [0.2, 0.25) is 0 Å². The Morgan fingerprint density at radius 2 is 1.91 bits per heavy atom. The van der Waals surface area contributed by atoms with Gasteiger partial charge in [-0.05, 0) is 47.0 Å². The van der Waals surface area contributed by atoms with Gasteiger partial charge in [0.15, 0.2) is 5.96 Å². The lowest BCUT2D eigenvalue weighted by atomic mass is 9.96. The number of nitrogens with zero attached hydrogens (tertiary/aromatic N) is 2. The molecule has 0 aromatic rings. The Hall–Kier alpha value is -0.0800. The SMILES string of the molecule is CN=C(NCCN(C(C)C)C(C)C)NC1CC2CCC1O2.I. The maximum atomic E-state index is 5.88. The first-order chi connectivity index (χ1) is 10.0. The topological polar surface area (TPSA) is 48.9 Å². The summed E-state index contributed by atoms with van der Waals surface area (Å²) in [6, 6.07) is 1.57. The van der Waals surface area contributed by atoms with Crippen LogP contribution in [0.2, 0.25) is 0 Å². The van der Waals surface area contributed by atoms with Crippen molar-refractivity contribution < 1.29 is 4.74 Å². The van der Waals surface area contributed by atoms with Crippen molar-refractivity contribution in [2.45, 2.75) is 77.3 Å². The average molecular weight is 424 g/mol. The molecule has 3 unspecified atom stereocenters. The molecule has 2 saturated heterocycles. The van der Waals surface area contributed by atoms with Gasteiger partial charge >= 0.3 is 0 Å². The fraction of sp³-hybridized carbons (Fsp3) is 0.938. The van der Waals surface area contributed by atoms with Crippen molar-refractivity contribution in [2.75, 3.05) is 20.1 Å². The van der Waals surface area contributed by atoms with Crippen molar-refractivity contribution in [3.05, 3.63) is 0 Å². The van der Waals surface area contributed by atoms with Gasteiger partial charge in [-0.25, -0.2) is 0 Å². The third-order valence-corrected chi connectivity index (χ3v) is 4.64. The Morgan fingerprint density at radius 3 is 2.36 bits per heavy atom. The molecule has 2 rings (SSSR count). The van der Waals surface area contributed by atoms with E-state index in [9.17, 15) is 0 Å². The van der Waals surface area contributed by atoms with Crippen LogP contribution < -0.4 is 10.6 Å². The maximum absolute atomic E-state index is 5.88. The van der Waals surface area contributed by atoms with Gasteiger partial charge in [-0.1, -0.05) is 0 Å². The molecule has 130 valence electrons. The van der Waals surface area contributed by atoms with Gasteiger partial charge in [-0.15, -0.1) is 24.0 Å². The van der Waals surface area contributed by atoms with Crippen molar-refractivity contribution in [3.8, 4) is 0 Å². The minimum absolute atomic E-state index is 0. The fourth-order valence-electron chi connectivity index (χ4n) is 3.58. The molecule has 5 nitrogen and oxygen atoms in total. The molecule has 2 N–H and O–H groups in total. The molecule has 2 bridgehead atoms. The molecule has 0 aromatic carbocycles. The molecule has 0 spiro atoms. The van der Waals surface area contributed by atoms with E-state index in [1.54, 1.807) is 0 Å². The second-order valence-corrected chi connectivity index (χ2v) is 6.78. The van der Waals surface area contributed by atoms with Gasteiger partial charge in [0.1, 0.15) is 0 Å². The van der Waals surface area contributed by atoms with Gasteiger partial charge < -0.3 is 15.4 Å². The third kappa shape index (κ3) is 5.23. The number of guanidine groups is 1. The molecular formula is C16H33IN4O. The lowest BCUT2D eigenvalue weighted by Gasteiger charge is -2.31. The van der Waals surface area contributed by atoms with Crippen LogP contribution in [0.3, 0.4) is 0 Å². The van der Waals surface area contributed by atoms with Crippen molar-refractivity contribution in [1.82, 2.24) is 15.5 Å². The second-order valence-electron chi connectivity index (χ2n) is 6.78. The predicted octanol–water partition coefficient (Wildman–Crippen LogP) is 2.21. The molecule has 0 amide bonds. The number of hydrogen-bond donors (Lipinski definition) is 2. The molecule has 2 aliphatic heterocycles. The van der Waals surface area contributed by atoms with Crippen LogP contribution in [0.1, 0.15) is 47.0 Å². The highest BCUT2D eigenvalue weighted by atomic mass is 127. The molecule has 0 radical (unpaired) electrons. The van der Waals surface area contributed by atoms with Crippen LogP contribution in [-0.4, -0.2) is 61.3 Å². The first-order valence-corrected chi connectivity index (χ1v) is 8.39. The van der Waals surface area contributed by atoms with Crippen LogP contribution >= 0.6 is 24.0 Å². The zero-order valence-corrected chi connectivity index (χ0v) is 17.0. The molecule has 0 aromatic heterocycles. The van der Waals surface area contributed by atoms with Gasteiger partial charge in [0, 0.05) is 32.2 Å². The van der Waals surface area contributed by atoms with E-state index in [4.69, 9.17) is 4.74 Å². The van der Waals surface area contributed by atoms with Crippen molar-refractivity contribution in [1.29, 1.82) is 0 Å². The van der Waals surface area contributed by atoms with E-state index in [2.05, 4.69) is 48.2 Å². The van der Waals surface area contributed by atoms with E-state index < -0.39 is 0 Å². The van der Waals surface area contributed by atoms with E-state index in [1.807, 2.05) is 7.05 Å². The molecular weight excluding hydrogens is 391 g/mol. The lowest BCUT2D eigenvalue weighted by Crippen LogP contribution is -2.49. The van der Waals surface area contributed by atoms with Gasteiger partial charge in [0.25, 0.3) is 0 Å². The highest BCUT2D eigenvalue weighted by Gasteiger charge is 2.41. The molecule has 22 heavy (non-hydrogen) atoms. The Bertz CT molecular complexity index is 354. The molecule has 6 heteroatoms. The summed E-state index contributed by atoms with van der Waals surface area (Å²) in [7, 11) is 1.84. The Labute approximate surface area is 152 Å². The minimum atomic E-state index is 0. The Morgan fingerprint density at radius 1 is 1.23 bits per heavy atom. The first kappa shape index (κ1) is 20.0. The van der Waals surface area contributed by atoms with E-state index in [0.717, 1.165) is 25.5 Å². The number of hydrogen-bond acceptors (Lipinski definition) is 3. The van der Waals surface area contributed by atoms with Crippen LogP contribution in [0, 0.1) is 0 Å². The molecule has 0 saturated carbocycles. The van der Waals surface area contributed by atoms with Crippen molar-refractivity contribution in [2.24, 2.45) is 4.99 Å². The van der Waals surface area contributed by atoms with Crippen LogP contribution in [0.4, 0.5) is 0 Å². The Balaban J connectivity index is 0.00000242. The first-order valence-electron chi connectivity index (χ1n) is 8.39. The van der Waals surface area contributed by atoms with E-state index >= 15 is 0 Å². The number of nitrogens with one attached hydrogen (secondary N) is 2. The van der Waals surface area contributed by atoms with Crippen molar-refractivity contribution in [3.63, 3.8) is 0 Å². The quantitative estimate of drug-likeness (QED) is 0.390. The van der Waals surface area contributed by atoms with E-state index in [-0.39, 0.29) is 24.0 Å². The van der Waals surface area contributed by atoms with E-state index in [1.165, 1.54) is 12.8 Å². The summed E-state index contributed by atoms with van der Waals surface area (Å²) in [5.41, 5.74) is 0. The van der Waals surface area contributed by atoms with Crippen LogP contribution in [0.15, 0.2) is 4.99 Å². The standard InChI is InChI=1S/C16H32N4O.HI/c1-11(2)20(12(3)4)9-8-18-16(17-5)19-14-10-13-6-7-15(14)21-13;/h11-15H,6-10H2,1-5H3,(H2,17,18,19);1H.